The molecule has 0 aromatic heterocycles. The normalized spacial score (nSPS) is 19.7. The third kappa shape index (κ3) is 4.46. The largest absolute Gasteiger partial charge is 0.480 e. The predicted molar refractivity (Wildman–Crippen MR) is 107 cm³/mol. The third-order valence-corrected chi connectivity index (χ3v) is 7.28. The number of nitrogens with zero attached hydrogens (tertiary/aromatic N) is 2. The SMILES string of the molecule is O=C(O)CN1C(=O)C(=C2Sc3ccccc3N2CCCS(=O)(=O)O)SC1=S. The van der Waals surface area contributed by atoms with E-state index in [4.69, 9.17) is 21.9 Å². The van der Waals surface area contributed by atoms with Gasteiger partial charge in [-0.2, -0.15) is 8.42 Å². The second-order valence-electron chi connectivity index (χ2n) is 5.65. The maximum Gasteiger partial charge on any atom is 0.323 e. The van der Waals surface area contributed by atoms with Crippen LogP contribution in [0.15, 0.2) is 39.1 Å². The smallest absolute Gasteiger partial charge is 0.323 e. The van der Waals surface area contributed by atoms with E-state index in [0.29, 0.717) is 9.93 Å². The number of aliphatic carboxylic acids is 1. The first-order chi connectivity index (χ1) is 12.7. The first kappa shape index (κ1) is 20.1. The fourth-order valence-corrected chi connectivity index (χ4v) is 5.72. The third-order valence-electron chi connectivity index (χ3n) is 3.73. The number of hydrogen-bond donors (Lipinski definition) is 2. The van der Waals surface area contributed by atoms with Crippen molar-refractivity contribution in [1.82, 2.24) is 4.90 Å². The Bertz CT molecular complexity index is 959. The summed E-state index contributed by atoms with van der Waals surface area (Å²) >= 11 is 7.51. The van der Waals surface area contributed by atoms with E-state index in [2.05, 4.69) is 0 Å². The molecule has 12 heteroatoms. The molecule has 8 nitrogen and oxygen atoms in total. The monoisotopic (exact) mass is 446 g/mol. The van der Waals surface area contributed by atoms with Crippen molar-refractivity contribution in [2.75, 3.05) is 23.7 Å². The van der Waals surface area contributed by atoms with Crippen LogP contribution in [0.4, 0.5) is 5.69 Å². The average Bonchev–Trinajstić information content (AvgIpc) is 3.06. The van der Waals surface area contributed by atoms with Gasteiger partial charge in [-0.25, -0.2) is 0 Å². The summed E-state index contributed by atoms with van der Waals surface area (Å²) in [5.74, 6) is -2.05. The zero-order chi connectivity index (χ0) is 19.8. The van der Waals surface area contributed by atoms with Gasteiger partial charge < -0.3 is 10.0 Å². The van der Waals surface area contributed by atoms with Crippen molar-refractivity contribution in [1.29, 1.82) is 0 Å². The van der Waals surface area contributed by atoms with Gasteiger partial charge >= 0.3 is 5.97 Å². The Labute approximate surface area is 169 Å². The molecule has 0 unspecified atom stereocenters. The summed E-state index contributed by atoms with van der Waals surface area (Å²) in [7, 11) is -4.09. The number of amides is 1. The van der Waals surface area contributed by atoms with E-state index in [1.807, 2.05) is 24.3 Å². The van der Waals surface area contributed by atoms with Gasteiger partial charge in [0.2, 0.25) is 0 Å². The lowest BCUT2D eigenvalue weighted by Crippen LogP contribution is -2.34. The number of fused-ring (bicyclic) bond motifs is 1. The number of thioether (sulfide) groups is 2. The van der Waals surface area contributed by atoms with Gasteiger partial charge in [0.25, 0.3) is 16.0 Å². The van der Waals surface area contributed by atoms with Crippen molar-refractivity contribution in [3.05, 3.63) is 34.2 Å². The summed E-state index contributed by atoms with van der Waals surface area (Å²) in [6, 6.07) is 7.40. The number of carboxylic acids is 1. The summed E-state index contributed by atoms with van der Waals surface area (Å²) < 4.78 is 31.1. The molecule has 0 saturated carbocycles. The molecule has 2 heterocycles. The molecular weight excluding hydrogens is 432 g/mol. The Hall–Kier alpha value is -1.60. The van der Waals surface area contributed by atoms with E-state index < -0.39 is 34.3 Å². The topological polar surface area (TPSA) is 115 Å². The number of para-hydroxylation sites is 1. The van der Waals surface area contributed by atoms with Crippen molar-refractivity contribution in [3.63, 3.8) is 0 Å². The van der Waals surface area contributed by atoms with Gasteiger partial charge in [-0.1, -0.05) is 47.9 Å². The van der Waals surface area contributed by atoms with E-state index in [1.54, 1.807) is 4.90 Å². The fourth-order valence-electron chi connectivity index (χ4n) is 2.63. The molecule has 0 bridgehead atoms. The Morgan fingerprint density at radius 1 is 1.19 bits per heavy atom. The lowest BCUT2D eigenvalue weighted by atomic mass is 10.3. The van der Waals surface area contributed by atoms with Gasteiger partial charge in [-0.05, 0) is 18.6 Å². The molecule has 2 N–H and O–H groups in total. The van der Waals surface area contributed by atoms with Gasteiger partial charge in [0.05, 0.1) is 11.4 Å². The first-order valence-electron chi connectivity index (χ1n) is 7.66. The maximum atomic E-state index is 12.7. The minimum Gasteiger partial charge on any atom is -0.480 e. The van der Waals surface area contributed by atoms with Gasteiger partial charge in [-0.3, -0.25) is 19.0 Å². The molecule has 0 radical (unpaired) electrons. The Kier molecular flexibility index (Phi) is 5.82. The highest BCUT2D eigenvalue weighted by molar-refractivity contribution is 8.27. The van der Waals surface area contributed by atoms with Crippen LogP contribution in [0.5, 0.6) is 0 Å². The number of thiocarbonyl (C=S) groups is 1. The molecule has 0 atom stereocenters. The predicted octanol–water partition coefficient (Wildman–Crippen LogP) is 1.99. The van der Waals surface area contributed by atoms with Crippen molar-refractivity contribution >= 4 is 67.7 Å². The van der Waals surface area contributed by atoms with Crippen molar-refractivity contribution in [3.8, 4) is 0 Å². The number of anilines is 1. The lowest BCUT2D eigenvalue weighted by Gasteiger charge is -2.21. The van der Waals surface area contributed by atoms with Crippen LogP contribution in [-0.2, 0) is 19.7 Å². The minimum atomic E-state index is -4.09. The van der Waals surface area contributed by atoms with E-state index in [0.717, 1.165) is 27.2 Å². The van der Waals surface area contributed by atoms with Crippen molar-refractivity contribution in [2.24, 2.45) is 0 Å². The molecule has 1 fully saturated rings. The second kappa shape index (κ2) is 7.80. The van der Waals surface area contributed by atoms with E-state index in [-0.39, 0.29) is 17.3 Å². The highest BCUT2D eigenvalue weighted by Crippen LogP contribution is 2.50. The molecule has 144 valence electrons. The molecule has 1 aromatic rings. The first-order valence-corrected chi connectivity index (χ1v) is 11.3. The number of benzene rings is 1. The lowest BCUT2D eigenvalue weighted by molar-refractivity contribution is -0.140. The summed E-state index contributed by atoms with van der Waals surface area (Å²) in [6.07, 6.45) is 0.159. The molecule has 1 amide bonds. The van der Waals surface area contributed by atoms with Crippen LogP contribution in [0.2, 0.25) is 0 Å². The highest BCUT2D eigenvalue weighted by atomic mass is 32.2. The second-order valence-corrected chi connectivity index (χ2v) is 9.90. The van der Waals surface area contributed by atoms with Gasteiger partial charge in [0.1, 0.15) is 20.8 Å². The molecule has 0 spiro atoms. The summed E-state index contributed by atoms with van der Waals surface area (Å²) in [5.41, 5.74) is 0.816. The maximum absolute atomic E-state index is 12.7. The average molecular weight is 447 g/mol. The molecular formula is C15H14N2O6S4. The molecule has 1 saturated heterocycles. The van der Waals surface area contributed by atoms with Crippen molar-refractivity contribution in [2.45, 2.75) is 11.3 Å². The summed E-state index contributed by atoms with van der Waals surface area (Å²) in [6.45, 7) is -0.246. The van der Waals surface area contributed by atoms with Crippen LogP contribution in [0, 0.1) is 0 Å². The minimum absolute atomic E-state index is 0.159. The van der Waals surface area contributed by atoms with E-state index in [1.165, 1.54) is 11.8 Å². The molecule has 2 aliphatic rings. The van der Waals surface area contributed by atoms with Crippen LogP contribution in [0.1, 0.15) is 6.42 Å². The van der Waals surface area contributed by atoms with Crippen LogP contribution in [0.25, 0.3) is 0 Å². The van der Waals surface area contributed by atoms with Crippen LogP contribution in [-0.4, -0.2) is 58.0 Å². The van der Waals surface area contributed by atoms with E-state index in [9.17, 15) is 18.0 Å². The number of carbonyl (C=O) groups is 2. The summed E-state index contributed by atoms with van der Waals surface area (Å²) in [5, 5.41) is 9.55. The molecule has 0 aliphatic carbocycles. The van der Waals surface area contributed by atoms with Gasteiger partial charge in [0, 0.05) is 11.4 Å². The molecule has 3 rings (SSSR count). The van der Waals surface area contributed by atoms with Gasteiger partial charge in [-0.15, -0.1) is 0 Å². The Balaban J connectivity index is 1.93. The molecule has 2 aliphatic heterocycles. The highest BCUT2D eigenvalue weighted by Gasteiger charge is 2.39. The number of carboxylic acid groups (broad SMARTS) is 1. The van der Waals surface area contributed by atoms with E-state index >= 15 is 0 Å². The fraction of sp³-hybridized carbons (Fsp3) is 0.267. The molecule has 27 heavy (non-hydrogen) atoms. The molecule has 1 aromatic carbocycles. The van der Waals surface area contributed by atoms with Crippen LogP contribution in [0.3, 0.4) is 0 Å². The Morgan fingerprint density at radius 2 is 1.89 bits per heavy atom. The van der Waals surface area contributed by atoms with Crippen LogP contribution < -0.4 is 4.90 Å². The Morgan fingerprint density at radius 3 is 2.56 bits per heavy atom. The quantitative estimate of drug-likeness (QED) is 0.382. The standard InChI is InChI=1S/C15H14N2O6S4/c18-11(19)8-17-13(20)12(26-15(17)24)14-16(6-3-7-27(21,22)23)9-4-1-2-5-10(9)25-14/h1-2,4-5H,3,6-8H2,(H,18,19)(H,21,22,23). The zero-order valence-corrected chi connectivity index (χ0v) is 17.0. The van der Waals surface area contributed by atoms with Crippen LogP contribution >= 0.6 is 35.7 Å². The van der Waals surface area contributed by atoms with Gasteiger partial charge in [0.15, 0.2) is 0 Å². The zero-order valence-electron chi connectivity index (χ0n) is 13.7. The number of carbonyl (C=O) groups excluding carboxylic acids is 1. The number of rotatable bonds is 6. The van der Waals surface area contributed by atoms with Crippen molar-refractivity contribution < 1.29 is 27.7 Å². The number of hydrogen-bond acceptors (Lipinski definition) is 8. The summed E-state index contributed by atoms with van der Waals surface area (Å²) in [4.78, 5) is 27.7.